The number of carbonyl (C=O) groups is 2. The lowest BCUT2D eigenvalue weighted by Crippen LogP contribution is -2.51. The third kappa shape index (κ3) is 6.67. The molecule has 0 unspecified atom stereocenters. The minimum absolute atomic E-state index is 0.0436. The first-order chi connectivity index (χ1) is 16.9. The number of hydrogen-bond acceptors (Lipinski definition) is 7. The first kappa shape index (κ1) is 25.3. The fraction of sp³-hybridized carbons (Fsp3) is 0.615. The number of rotatable bonds is 8. The Morgan fingerprint density at radius 1 is 1.00 bits per heavy atom. The molecule has 3 heterocycles. The molecule has 190 valence electrons. The largest absolute Gasteiger partial charge is 0.369 e. The average molecular weight is 482 g/mol. The van der Waals surface area contributed by atoms with Crippen LogP contribution in [0.1, 0.15) is 32.0 Å². The Hall–Kier alpha value is -2.78. The third-order valence-electron chi connectivity index (χ3n) is 7.06. The number of nitrogens with one attached hydrogen (secondary N) is 1. The van der Waals surface area contributed by atoms with Crippen molar-refractivity contribution in [3.8, 4) is 0 Å². The van der Waals surface area contributed by atoms with Crippen molar-refractivity contribution in [3.63, 3.8) is 0 Å². The highest BCUT2D eigenvalue weighted by Crippen LogP contribution is 2.23. The molecule has 1 aromatic carbocycles. The van der Waals surface area contributed by atoms with Crippen LogP contribution in [0.25, 0.3) is 10.9 Å². The van der Waals surface area contributed by atoms with Crippen molar-refractivity contribution in [2.45, 2.75) is 32.7 Å². The number of likely N-dealkylation sites (tertiary alicyclic amines) is 1. The molecule has 2 fully saturated rings. The van der Waals surface area contributed by atoms with Gasteiger partial charge in [0.2, 0.25) is 11.8 Å². The van der Waals surface area contributed by atoms with E-state index >= 15 is 0 Å². The standard InChI is InChI=1S/C26H39N7O2/c1-20(34)32-13-9-21(10-14-32)26(35)33-17-15-31(16-18-33)19-24-28-23-8-5-4-7-22(23)25(29-24)27-11-6-12-30(2)3/h4-5,7-8,21H,6,9-19H2,1-3H3,(H,27,28,29). The molecule has 0 atom stereocenters. The van der Waals surface area contributed by atoms with Crippen molar-refractivity contribution in [2.24, 2.45) is 5.92 Å². The number of benzene rings is 1. The van der Waals surface area contributed by atoms with E-state index in [1.54, 1.807) is 6.92 Å². The van der Waals surface area contributed by atoms with Crippen LogP contribution in [0.5, 0.6) is 0 Å². The lowest BCUT2D eigenvalue weighted by molar-refractivity contribution is -0.141. The maximum atomic E-state index is 13.0. The minimum atomic E-state index is 0.0436. The molecule has 2 aliphatic heterocycles. The van der Waals surface area contributed by atoms with Crippen molar-refractivity contribution in [1.29, 1.82) is 0 Å². The molecule has 4 rings (SSSR count). The van der Waals surface area contributed by atoms with Gasteiger partial charge in [-0.15, -0.1) is 0 Å². The quantitative estimate of drug-likeness (QED) is 0.577. The summed E-state index contributed by atoms with van der Waals surface area (Å²) in [4.78, 5) is 42.6. The molecule has 0 aliphatic carbocycles. The van der Waals surface area contributed by atoms with E-state index in [-0.39, 0.29) is 17.7 Å². The smallest absolute Gasteiger partial charge is 0.225 e. The molecule has 2 saturated heterocycles. The number of nitrogens with zero attached hydrogens (tertiary/aromatic N) is 6. The van der Waals surface area contributed by atoms with Crippen LogP contribution in [0.2, 0.25) is 0 Å². The molecular formula is C26H39N7O2. The van der Waals surface area contributed by atoms with E-state index in [1.165, 1.54) is 0 Å². The molecule has 0 bridgehead atoms. The molecule has 0 saturated carbocycles. The predicted octanol–water partition coefficient (Wildman–Crippen LogP) is 1.90. The van der Waals surface area contributed by atoms with E-state index in [9.17, 15) is 9.59 Å². The number of anilines is 1. The summed E-state index contributed by atoms with van der Waals surface area (Å²) in [6, 6.07) is 8.15. The second kappa shape index (κ2) is 11.8. The first-order valence-corrected chi connectivity index (χ1v) is 12.8. The lowest BCUT2D eigenvalue weighted by atomic mass is 9.95. The van der Waals surface area contributed by atoms with Crippen LogP contribution in [0.3, 0.4) is 0 Å². The Kier molecular flexibility index (Phi) is 8.51. The summed E-state index contributed by atoms with van der Waals surface area (Å²) in [5.41, 5.74) is 0.957. The number of piperidine rings is 1. The first-order valence-electron chi connectivity index (χ1n) is 12.8. The maximum Gasteiger partial charge on any atom is 0.225 e. The molecule has 35 heavy (non-hydrogen) atoms. The summed E-state index contributed by atoms with van der Waals surface area (Å²) in [6.07, 6.45) is 2.59. The highest BCUT2D eigenvalue weighted by atomic mass is 16.2. The normalized spacial score (nSPS) is 17.8. The van der Waals surface area contributed by atoms with Gasteiger partial charge < -0.3 is 20.0 Å². The van der Waals surface area contributed by atoms with Crippen LogP contribution in [-0.2, 0) is 16.1 Å². The van der Waals surface area contributed by atoms with Crippen molar-refractivity contribution in [2.75, 3.05) is 71.8 Å². The minimum Gasteiger partial charge on any atom is -0.369 e. The fourth-order valence-corrected chi connectivity index (χ4v) is 4.96. The van der Waals surface area contributed by atoms with Crippen LogP contribution >= 0.6 is 0 Å². The van der Waals surface area contributed by atoms with Gasteiger partial charge in [-0.2, -0.15) is 0 Å². The molecule has 9 nitrogen and oxygen atoms in total. The van der Waals surface area contributed by atoms with E-state index in [4.69, 9.17) is 9.97 Å². The van der Waals surface area contributed by atoms with Crippen LogP contribution in [0.15, 0.2) is 24.3 Å². The van der Waals surface area contributed by atoms with Crippen molar-refractivity contribution >= 4 is 28.5 Å². The van der Waals surface area contributed by atoms with Gasteiger partial charge in [-0.05, 0) is 52.0 Å². The molecule has 0 radical (unpaired) electrons. The Morgan fingerprint density at radius 3 is 2.40 bits per heavy atom. The van der Waals surface area contributed by atoms with Gasteiger partial charge >= 0.3 is 0 Å². The van der Waals surface area contributed by atoms with Gasteiger partial charge in [-0.25, -0.2) is 9.97 Å². The summed E-state index contributed by atoms with van der Waals surface area (Å²) in [5, 5.41) is 4.56. The summed E-state index contributed by atoms with van der Waals surface area (Å²) in [6.45, 7) is 8.66. The Balaban J connectivity index is 1.32. The van der Waals surface area contributed by atoms with E-state index in [2.05, 4.69) is 35.3 Å². The second-order valence-electron chi connectivity index (χ2n) is 9.97. The monoisotopic (exact) mass is 481 g/mol. The number of piperazine rings is 1. The predicted molar refractivity (Wildman–Crippen MR) is 138 cm³/mol. The topological polar surface area (TPSA) is 84.9 Å². The maximum absolute atomic E-state index is 13.0. The van der Waals surface area contributed by atoms with Gasteiger partial charge in [-0.1, -0.05) is 12.1 Å². The van der Waals surface area contributed by atoms with Crippen molar-refractivity contribution in [1.82, 2.24) is 29.6 Å². The molecular weight excluding hydrogens is 442 g/mol. The molecule has 2 amide bonds. The summed E-state index contributed by atoms with van der Waals surface area (Å²) in [7, 11) is 4.17. The highest BCUT2D eigenvalue weighted by Gasteiger charge is 2.31. The van der Waals surface area contributed by atoms with Gasteiger partial charge in [0.1, 0.15) is 11.6 Å². The van der Waals surface area contributed by atoms with Gasteiger partial charge in [0.05, 0.1) is 12.1 Å². The second-order valence-corrected chi connectivity index (χ2v) is 9.97. The van der Waals surface area contributed by atoms with E-state index in [0.29, 0.717) is 19.6 Å². The summed E-state index contributed by atoms with van der Waals surface area (Å²) < 4.78 is 0. The third-order valence-corrected chi connectivity index (χ3v) is 7.06. The highest BCUT2D eigenvalue weighted by molar-refractivity contribution is 5.89. The van der Waals surface area contributed by atoms with Gasteiger partial charge in [0, 0.05) is 64.0 Å². The molecule has 2 aliphatic rings. The number of para-hydroxylation sites is 1. The number of carbonyl (C=O) groups excluding carboxylic acids is 2. The molecule has 1 N–H and O–H groups in total. The summed E-state index contributed by atoms with van der Waals surface area (Å²) in [5.74, 6) is 2.11. The van der Waals surface area contributed by atoms with Gasteiger partial charge in [-0.3, -0.25) is 14.5 Å². The SMILES string of the molecule is CC(=O)N1CCC(C(=O)N2CCN(Cc3nc(NCCCN(C)C)c4ccccc4n3)CC2)CC1. The van der Waals surface area contributed by atoms with Gasteiger partial charge in [0.15, 0.2) is 0 Å². The zero-order valence-corrected chi connectivity index (χ0v) is 21.4. The average Bonchev–Trinajstić information content (AvgIpc) is 2.86. The number of aromatic nitrogens is 2. The summed E-state index contributed by atoms with van der Waals surface area (Å²) >= 11 is 0. The van der Waals surface area contributed by atoms with Crippen LogP contribution in [-0.4, -0.2) is 108 Å². The van der Waals surface area contributed by atoms with Gasteiger partial charge in [0.25, 0.3) is 0 Å². The lowest BCUT2D eigenvalue weighted by Gasteiger charge is -2.38. The van der Waals surface area contributed by atoms with Crippen LogP contribution < -0.4 is 5.32 Å². The Morgan fingerprint density at radius 2 is 1.71 bits per heavy atom. The van der Waals surface area contributed by atoms with E-state index in [0.717, 1.165) is 81.1 Å². The number of fused-ring (bicyclic) bond motifs is 1. The van der Waals surface area contributed by atoms with E-state index < -0.39 is 0 Å². The van der Waals surface area contributed by atoms with Crippen LogP contribution in [0, 0.1) is 5.92 Å². The molecule has 1 aromatic heterocycles. The fourth-order valence-electron chi connectivity index (χ4n) is 4.96. The van der Waals surface area contributed by atoms with E-state index in [1.807, 2.05) is 28.0 Å². The molecule has 2 aromatic rings. The number of hydrogen-bond donors (Lipinski definition) is 1. The zero-order valence-electron chi connectivity index (χ0n) is 21.4. The molecule has 9 heteroatoms. The van der Waals surface area contributed by atoms with Crippen molar-refractivity contribution < 1.29 is 9.59 Å². The molecule has 0 spiro atoms. The van der Waals surface area contributed by atoms with Crippen molar-refractivity contribution in [3.05, 3.63) is 30.1 Å². The zero-order chi connectivity index (χ0) is 24.8. The Bertz CT molecular complexity index is 1010. The Labute approximate surface area is 208 Å². The van der Waals surface area contributed by atoms with Crippen LogP contribution in [0.4, 0.5) is 5.82 Å². The number of amides is 2.